The molecule has 0 aromatic carbocycles. The lowest BCUT2D eigenvalue weighted by molar-refractivity contribution is 0.205. The average Bonchev–Trinajstić information content (AvgIpc) is 2.39. The van der Waals surface area contributed by atoms with E-state index in [1.54, 1.807) is 13.3 Å². The fourth-order valence-electron chi connectivity index (χ4n) is 1.30. The first-order valence-electron chi connectivity index (χ1n) is 5.26. The van der Waals surface area contributed by atoms with E-state index < -0.39 is 0 Å². The van der Waals surface area contributed by atoms with E-state index in [1.165, 1.54) is 6.20 Å². The summed E-state index contributed by atoms with van der Waals surface area (Å²) in [5, 5.41) is 11.4. The van der Waals surface area contributed by atoms with E-state index in [0.717, 1.165) is 18.9 Å². The van der Waals surface area contributed by atoms with Crippen molar-refractivity contribution in [2.24, 2.45) is 10.9 Å². The zero-order chi connectivity index (χ0) is 12.7. The molecule has 0 aliphatic heterocycles. The lowest BCUT2D eigenvalue weighted by Crippen LogP contribution is -2.28. The lowest BCUT2D eigenvalue weighted by Gasteiger charge is -2.20. The highest BCUT2D eigenvalue weighted by molar-refractivity contribution is 5.94. The van der Waals surface area contributed by atoms with Crippen molar-refractivity contribution in [1.29, 1.82) is 0 Å². The van der Waals surface area contributed by atoms with E-state index in [0.29, 0.717) is 12.3 Å². The molecule has 0 aliphatic carbocycles. The van der Waals surface area contributed by atoms with Gasteiger partial charge in [0.15, 0.2) is 5.84 Å². The summed E-state index contributed by atoms with van der Waals surface area (Å²) >= 11 is 0. The Morgan fingerprint density at radius 2 is 2.29 bits per heavy atom. The molecule has 7 heteroatoms. The molecule has 0 atom stereocenters. The van der Waals surface area contributed by atoms with Crippen LogP contribution in [0.3, 0.4) is 0 Å². The molecule has 0 spiro atoms. The third kappa shape index (κ3) is 3.56. The Bertz CT molecular complexity index is 365. The van der Waals surface area contributed by atoms with Gasteiger partial charge in [0.1, 0.15) is 11.5 Å². The van der Waals surface area contributed by atoms with Crippen LogP contribution in [0.25, 0.3) is 0 Å². The average molecular weight is 239 g/mol. The highest BCUT2D eigenvalue weighted by Gasteiger charge is 2.07. The van der Waals surface area contributed by atoms with Crippen LogP contribution in [-0.2, 0) is 4.74 Å². The smallest absolute Gasteiger partial charge is 0.190 e. The Balaban J connectivity index is 2.77. The topological polar surface area (TPSA) is 96.9 Å². The monoisotopic (exact) mass is 239 g/mol. The van der Waals surface area contributed by atoms with E-state index in [9.17, 15) is 0 Å². The number of oxime groups is 1. The molecule has 3 N–H and O–H groups in total. The molecular weight excluding hydrogens is 222 g/mol. The molecule has 1 rings (SSSR count). The number of hydrogen-bond acceptors (Lipinski definition) is 6. The molecule has 0 amide bonds. The zero-order valence-corrected chi connectivity index (χ0v) is 10.00. The van der Waals surface area contributed by atoms with Gasteiger partial charge in [0.05, 0.1) is 19.0 Å². The van der Waals surface area contributed by atoms with E-state index in [4.69, 9.17) is 15.7 Å². The van der Waals surface area contributed by atoms with E-state index in [2.05, 4.69) is 15.1 Å². The Morgan fingerprint density at radius 1 is 1.53 bits per heavy atom. The second-order valence-electron chi connectivity index (χ2n) is 3.32. The van der Waals surface area contributed by atoms with Crippen molar-refractivity contribution in [2.45, 2.75) is 6.92 Å². The van der Waals surface area contributed by atoms with Crippen LogP contribution < -0.4 is 10.6 Å². The number of aromatic nitrogens is 2. The highest BCUT2D eigenvalue weighted by atomic mass is 16.5. The molecule has 1 aromatic heterocycles. The second-order valence-corrected chi connectivity index (χ2v) is 3.32. The SMILES string of the molecule is CCN(CCOC)c1cnc(C(N)=NO)cn1. The minimum absolute atomic E-state index is 0.0519. The first-order chi connectivity index (χ1) is 8.22. The van der Waals surface area contributed by atoms with Gasteiger partial charge in [-0.25, -0.2) is 9.97 Å². The summed E-state index contributed by atoms with van der Waals surface area (Å²) in [5.41, 5.74) is 5.74. The van der Waals surface area contributed by atoms with Gasteiger partial charge in [-0.15, -0.1) is 0 Å². The summed E-state index contributed by atoms with van der Waals surface area (Å²) in [6.45, 7) is 4.19. The van der Waals surface area contributed by atoms with Gasteiger partial charge in [-0.3, -0.25) is 0 Å². The van der Waals surface area contributed by atoms with Crippen molar-refractivity contribution >= 4 is 11.7 Å². The van der Waals surface area contributed by atoms with Gasteiger partial charge >= 0.3 is 0 Å². The number of nitrogens with two attached hydrogens (primary N) is 1. The number of ether oxygens (including phenoxy) is 1. The number of likely N-dealkylation sites (N-methyl/N-ethyl adjacent to an activating group) is 1. The molecule has 0 aliphatic rings. The summed E-state index contributed by atoms with van der Waals surface area (Å²) in [4.78, 5) is 10.3. The van der Waals surface area contributed by atoms with Crippen LogP contribution >= 0.6 is 0 Å². The van der Waals surface area contributed by atoms with Crippen LogP contribution in [-0.4, -0.2) is 47.8 Å². The van der Waals surface area contributed by atoms with Crippen molar-refractivity contribution < 1.29 is 9.94 Å². The first-order valence-corrected chi connectivity index (χ1v) is 5.26. The maximum Gasteiger partial charge on any atom is 0.190 e. The normalized spacial score (nSPS) is 11.5. The molecule has 0 radical (unpaired) electrons. The largest absolute Gasteiger partial charge is 0.409 e. The Morgan fingerprint density at radius 3 is 2.76 bits per heavy atom. The van der Waals surface area contributed by atoms with Gasteiger partial charge in [0.25, 0.3) is 0 Å². The summed E-state index contributed by atoms with van der Waals surface area (Å²) < 4.78 is 5.01. The third-order valence-electron chi connectivity index (χ3n) is 2.28. The first kappa shape index (κ1) is 13.2. The molecule has 0 bridgehead atoms. The highest BCUT2D eigenvalue weighted by Crippen LogP contribution is 2.08. The summed E-state index contributed by atoms with van der Waals surface area (Å²) in [6.07, 6.45) is 3.06. The Kier molecular flexibility index (Phi) is 5.15. The summed E-state index contributed by atoms with van der Waals surface area (Å²) in [6, 6.07) is 0. The van der Waals surface area contributed by atoms with Crippen LogP contribution in [0.4, 0.5) is 5.82 Å². The lowest BCUT2D eigenvalue weighted by atomic mass is 10.4. The maximum absolute atomic E-state index is 8.50. The predicted octanol–water partition coefficient (Wildman–Crippen LogP) is 0.0438. The number of rotatable bonds is 6. The van der Waals surface area contributed by atoms with Crippen molar-refractivity contribution in [3.05, 3.63) is 18.1 Å². The summed E-state index contributed by atoms with van der Waals surface area (Å²) in [5.74, 6) is 0.683. The molecule has 0 fully saturated rings. The molecule has 0 saturated heterocycles. The van der Waals surface area contributed by atoms with Crippen molar-refractivity contribution in [3.8, 4) is 0 Å². The number of amidine groups is 1. The van der Waals surface area contributed by atoms with Gasteiger partial charge < -0.3 is 20.6 Å². The maximum atomic E-state index is 8.50. The van der Waals surface area contributed by atoms with Gasteiger partial charge in [-0.1, -0.05) is 5.16 Å². The van der Waals surface area contributed by atoms with Crippen LogP contribution in [0.2, 0.25) is 0 Å². The van der Waals surface area contributed by atoms with Gasteiger partial charge in [-0.2, -0.15) is 0 Å². The molecule has 94 valence electrons. The minimum Gasteiger partial charge on any atom is -0.409 e. The van der Waals surface area contributed by atoms with E-state index in [1.807, 2.05) is 11.8 Å². The molecule has 1 heterocycles. The fourth-order valence-corrected chi connectivity index (χ4v) is 1.30. The zero-order valence-electron chi connectivity index (χ0n) is 10.00. The standard InChI is InChI=1S/C10H17N5O2/c1-3-15(4-5-17-2)9-7-12-8(6-13-9)10(11)14-16/h6-7,16H,3-5H2,1-2H3,(H2,11,14). The molecule has 0 unspecified atom stereocenters. The predicted molar refractivity (Wildman–Crippen MR) is 64.3 cm³/mol. The van der Waals surface area contributed by atoms with Gasteiger partial charge in [-0.05, 0) is 6.92 Å². The van der Waals surface area contributed by atoms with Crippen LogP contribution in [0.5, 0.6) is 0 Å². The van der Waals surface area contributed by atoms with Gasteiger partial charge in [0.2, 0.25) is 0 Å². The van der Waals surface area contributed by atoms with Crippen LogP contribution in [0.15, 0.2) is 17.5 Å². The van der Waals surface area contributed by atoms with E-state index in [-0.39, 0.29) is 5.84 Å². The molecule has 17 heavy (non-hydrogen) atoms. The minimum atomic E-state index is -0.0519. The fraction of sp³-hybridized carbons (Fsp3) is 0.500. The van der Waals surface area contributed by atoms with Crippen LogP contribution in [0.1, 0.15) is 12.6 Å². The number of hydrogen-bond donors (Lipinski definition) is 2. The van der Waals surface area contributed by atoms with E-state index >= 15 is 0 Å². The van der Waals surface area contributed by atoms with Crippen molar-refractivity contribution in [3.63, 3.8) is 0 Å². The molecule has 7 nitrogen and oxygen atoms in total. The third-order valence-corrected chi connectivity index (χ3v) is 2.28. The summed E-state index contributed by atoms with van der Waals surface area (Å²) in [7, 11) is 1.65. The number of methoxy groups -OCH3 is 1. The van der Waals surface area contributed by atoms with Crippen LogP contribution in [0, 0.1) is 0 Å². The molecular formula is C10H17N5O2. The quantitative estimate of drug-likeness (QED) is 0.315. The Labute approximate surface area is 99.9 Å². The van der Waals surface area contributed by atoms with Gasteiger partial charge in [0, 0.05) is 20.2 Å². The molecule has 1 aromatic rings. The number of nitrogens with zero attached hydrogens (tertiary/aromatic N) is 4. The second kappa shape index (κ2) is 6.64. The van der Waals surface area contributed by atoms with Crippen molar-refractivity contribution in [2.75, 3.05) is 31.7 Å². The van der Waals surface area contributed by atoms with Crippen molar-refractivity contribution in [1.82, 2.24) is 9.97 Å². The number of anilines is 1. The molecule has 0 saturated carbocycles. The Hall–Kier alpha value is -1.89.